The number of ether oxygens (including phenoxy) is 1. The van der Waals surface area contributed by atoms with Crippen LogP contribution in [-0.2, 0) is 9.84 Å². The van der Waals surface area contributed by atoms with E-state index >= 15 is 0 Å². The van der Waals surface area contributed by atoms with Gasteiger partial charge in [0.15, 0.2) is 9.84 Å². The highest BCUT2D eigenvalue weighted by atomic mass is 32.2. The van der Waals surface area contributed by atoms with Gasteiger partial charge in [0.1, 0.15) is 11.6 Å². The van der Waals surface area contributed by atoms with Crippen LogP contribution in [0.5, 0.6) is 5.75 Å². The number of benzene rings is 1. The van der Waals surface area contributed by atoms with E-state index in [1.165, 1.54) is 19.2 Å². The Kier molecular flexibility index (Phi) is 3.58. The number of hydrogen-bond donors (Lipinski definition) is 1. The second kappa shape index (κ2) is 4.88. The summed E-state index contributed by atoms with van der Waals surface area (Å²) in [6.45, 7) is 0. The van der Waals surface area contributed by atoms with Crippen LogP contribution in [0, 0.1) is 5.82 Å². The molecule has 0 amide bonds. The number of hydrogen-bond acceptors (Lipinski definition) is 5. The molecule has 1 aliphatic rings. The second-order valence-corrected chi connectivity index (χ2v) is 6.94. The Balaban J connectivity index is 2.31. The number of nitrogen functional groups attached to an aromatic ring is 1. The van der Waals surface area contributed by atoms with Crippen LogP contribution in [0.25, 0.3) is 0 Å². The molecule has 1 saturated heterocycles. The Bertz CT molecular complexity index is 589. The van der Waals surface area contributed by atoms with Gasteiger partial charge in [0.05, 0.1) is 30.0 Å². The van der Waals surface area contributed by atoms with E-state index in [9.17, 15) is 12.8 Å². The molecule has 1 heterocycles. The summed E-state index contributed by atoms with van der Waals surface area (Å²) < 4.78 is 41.9. The van der Waals surface area contributed by atoms with Gasteiger partial charge in [-0.3, -0.25) is 0 Å². The maximum absolute atomic E-state index is 13.9. The molecule has 1 aliphatic heterocycles. The smallest absolute Gasteiger partial charge is 0.152 e. The third kappa shape index (κ3) is 2.75. The van der Waals surface area contributed by atoms with E-state index in [0.717, 1.165) is 0 Å². The van der Waals surface area contributed by atoms with Crippen molar-refractivity contribution in [3.63, 3.8) is 0 Å². The van der Waals surface area contributed by atoms with Crippen LogP contribution < -0.4 is 15.4 Å². The molecule has 1 unspecified atom stereocenters. The number of nitrogens with two attached hydrogens (primary N) is 1. The predicted octanol–water partition coefficient (Wildman–Crippen LogP) is 1.04. The van der Waals surface area contributed by atoms with Crippen LogP contribution in [0.1, 0.15) is 6.42 Å². The minimum atomic E-state index is -3.01. The molecular formula is C12H17FN2O3S. The van der Waals surface area contributed by atoms with Gasteiger partial charge in [0.2, 0.25) is 0 Å². The zero-order chi connectivity index (χ0) is 14.2. The molecule has 106 valence electrons. The lowest BCUT2D eigenvalue weighted by Crippen LogP contribution is -2.33. The fraction of sp³-hybridized carbons (Fsp3) is 0.500. The summed E-state index contributed by atoms with van der Waals surface area (Å²) in [6, 6.07) is 2.47. The SMILES string of the molecule is COc1cc(N(C)C2CCS(=O)(=O)C2)c(F)cc1N. The summed E-state index contributed by atoms with van der Waals surface area (Å²) in [4.78, 5) is 1.64. The minimum Gasteiger partial charge on any atom is -0.495 e. The summed E-state index contributed by atoms with van der Waals surface area (Å²) in [5.41, 5.74) is 6.14. The third-order valence-corrected chi connectivity index (χ3v) is 5.19. The average molecular weight is 288 g/mol. The first-order valence-corrected chi connectivity index (χ1v) is 7.72. The molecule has 0 aromatic heterocycles. The molecular weight excluding hydrogens is 271 g/mol. The molecule has 0 bridgehead atoms. The summed E-state index contributed by atoms with van der Waals surface area (Å²) >= 11 is 0. The molecule has 0 saturated carbocycles. The molecule has 2 N–H and O–H groups in total. The van der Waals surface area contributed by atoms with E-state index in [2.05, 4.69) is 0 Å². The van der Waals surface area contributed by atoms with Crippen LogP contribution in [0.4, 0.5) is 15.8 Å². The van der Waals surface area contributed by atoms with Crippen molar-refractivity contribution in [3.8, 4) is 5.75 Å². The summed E-state index contributed by atoms with van der Waals surface area (Å²) in [5.74, 6) is 0.0972. The maximum Gasteiger partial charge on any atom is 0.152 e. The number of anilines is 2. The molecule has 1 fully saturated rings. The van der Waals surface area contributed by atoms with E-state index in [1.807, 2.05) is 0 Å². The van der Waals surface area contributed by atoms with Crippen molar-refractivity contribution in [1.82, 2.24) is 0 Å². The maximum atomic E-state index is 13.9. The van der Waals surface area contributed by atoms with Gasteiger partial charge in [-0.05, 0) is 6.42 Å². The molecule has 19 heavy (non-hydrogen) atoms. The molecule has 1 aromatic rings. The molecule has 0 aliphatic carbocycles. The van der Waals surface area contributed by atoms with Gasteiger partial charge < -0.3 is 15.4 Å². The number of methoxy groups -OCH3 is 1. The number of sulfone groups is 1. The largest absolute Gasteiger partial charge is 0.495 e. The highest BCUT2D eigenvalue weighted by molar-refractivity contribution is 7.91. The number of nitrogens with zero attached hydrogens (tertiary/aromatic N) is 1. The van der Waals surface area contributed by atoms with E-state index in [4.69, 9.17) is 10.5 Å². The topological polar surface area (TPSA) is 72.6 Å². The van der Waals surface area contributed by atoms with Gasteiger partial charge in [0, 0.05) is 25.2 Å². The Labute approximate surface area is 112 Å². The summed E-state index contributed by atoms with van der Waals surface area (Å²) in [7, 11) is 0.127. The van der Waals surface area contributed by atoms with Crippen LogP contribution in [0.15, 0.2) is 12.1 Å². The Morgan fingerprint density at radius 1 is 1.47 bits per heavy atom. The van der Waals surface area contributed by atoms with Gasteiger partial charge in [-0.1, -0.05) is 0 Å². The van der Waals surface area contributed by atoms with Crippen molar-refractivity contribution >= 4 is 21.2 Å². The van der Waals surface area contributed by atoms with Gasteiger partial charge in [-0.2, -0.15) is 0 Å². The first-order valence-electron chi connectivity index (χ1n) is 5.90. The standard InChI is InChI=1S/C12H17FN2O3S/c1-15(8-3-4-19(16,17)7-8)11-6-12(18-2)10(14)5-9(11)13/h5-6,8H,3-4,7,14H2,1-2H3. The fourth-order valence-corrected chi connectivity index (χ4v) is 4.06. The third-order valence-electron chi connectivity index (χ3n) is 3.44. The Morgan fingerprint density at radius 2 is 2.16 bits per heavy atom. The molecule has 0 radical (unpaired) electrons. The van der Waals surface area contributed by atoms with Crippen LogP contribution in [0.2, 0.25) is 0 Å². The van der Waals surface area contributed by atoms with E-state index in [0.29, 0.717) is 17.9 Å². The van der Waals surface area contributed by atoms with E-state index in [1.54, 1.807) is 11.9 Å². The molecule has 0 spiro atoms. The number of halogens is 1. The van der Waals surface area contributed by atoms with Crippen molar-refractivity contribution in [3.05, 3.63) is 17.9 Å². The molecule has 7 heteroatoms. The van der Waals surface area contributed by atoms with Crippen LogP contribution in [-0.4, -0.2) is 40.1 Å². The van der Waals surface area contributed by atoms with Gasteiger partial charge in [-0.25, -0.2) is 12.8 Å². The van der Waals surface area contributed by atoms with E-state index in [-0.39, 0.29) is 23.2 Å². The van der Waals surface area contributed by atoms with Gasteiger partial charge in [-0.15, -0.1) is 0 Å². The van der Waals surface area contributed by atoms with Crippen molar-refractivity contribution in [2.45, 2.75) is 12.5 Å². The van der Waals surface area contributed by atoms with Crippen molar-refractivity contribution < 1.29 is 17.5 Å². The van der Waals surface area contributed by atoms with Gasteiger partial charge in [0.25, 0.3) is 0 Å². The average Bonchev–Trinajstić information content (AvgIpc) is 2.69. The molecule has 1 atom stereocenters. The Hall–Kier alpha value is -1.50. The Morgan fingerprint density at radius 3 is 2.68 bits per heavy atom. The summed E-state index contributed by atoms with van der Waals surface area (Å²) in [5, 5.41) is 0. The zero-order valence-electron chi connectivity index (χ0n) is 10.9. The van der Waals surface area contributed by atoms with Crippen molar-refractivity contribution in [2.24, 2.45) is 0 Å². The van der Waals surface area contributed by atoms with Crippen LogP contribution in [0.3, 0.4) is 0 Å². The highest BCUT2D eigenvalue weighted by Crippen LogP contribution is 2.32. The minimum absolute atomic E-state index is 0.0512. The zero-order valence-corrected chi connectivity index (χ0v) is 11.7. The fourth-order valence-electron chi connectivity index (χ4n) is 2.28. The molecule has 1 aromatic carbocycles. The quantitative estimate of drug-likeness (QED) is 0.841. The highest BCUT2D eigenvalue weighted by Gasteiger charge is 2.32. The lowest BCUT2D eigenvalue weighted by Gasteiger charge is -2.26. The normalized spacial score (nSPS) is 21.3. The van der Waals surface area contributed by atoms with Crippen LogP contribution >= 0.6 is 0 Å². The molecule has 5 nitrogen and oxygen atoms in total. The van der Waals surface area contributed by atoms with E-state index < -0.39 is 15.7 Å². The summed E-state index contributed by atoms with van der Waals surface area (Å²) in [6.07, 6.45) is 0.505. The first kappa shape index (κ1) is 13.9. The molecule has 2 rings (SSSR count). The van der Waals surface area contributed by atoms with Crippen molar-refractivity contribution in [1.29, 1.82) is 0 Å². The predicted molar refractivity (Wildman–Crippen MR) is 72.8 cm³/mol. The second-order valence-electron chi connectivity index (χ2n) is 4.71. The number of rotatable bonds is 3. The first-order chi connectivity index (χ1) is 8.84. The monoisotopic (exact) mass is 288 g/mol. The van der Waals surface area contributed by atoms with Crippen molar-refractivity contribution in [2.75, 3.05) is 36.3 Å². The lowest BCUT2D eigenvalue weighted by atomic mass is 10.2. The van der Waals surface area contributed by atoms with Gasteiger partial charge >= 0.3 is 0 Å². The lowest BCUT2D eigenvalue weighted by molar-refractivity contribution is 0.416.